The van der Waals surface area contributed by atoms with Crippen LogP contribution in [-0.2, 0) is 0 Å². The molecular formula is C16H20N2O. The van der Waals surface area contributed by atoms with Crippen molar-refractivity contribution in [1.29, 1.82) is 0 Å². The van der Waals surface area contributed by atoms with Gasteiger partial charge in [-0.15, -0.1) is 0 Å². The molecule has 0 spiro atoms. The van der Waals surface area contributed by atoms with E-state index in [2.05, 4.69) is 31.0 Å². The van der Waals surface area contributed by atoms with E-state index < -0.39 is 0 Å². The van der Waals surface area contributed by atoms with Gasteiger partial charge in [-0.2, -0.15) is 0 Å². The normalized spacial score (nSPS) is 19.2. The molecule has 1 saturated carbocycles. The summed E-state index contributed by atoms with van der Waals surface area (Å²) < 4.78 is 0. The molecule has 19 heavy (non-hydrogen) atoms. The molecule has 3 N–H and O–H groups in total. The van der Waals surface area contributed by atoms with Gasteiger partial charge in [0.2, 0.25) is 0 Å². The lowest BCUT2D eigenvalue weighted by atomic mass is 10.1. The summed E-state index contributed by atoms with van der Waals surface area (Å²) in [4.78, 5) is 12.0. The van der Waals surface area contributed by atoms with Crippen LogP contribution in [0.2, 0.25) is 0 Å². The van der Waals surface area contributed by atoms with Crippen LogP contribution < -0.4 is 11.1 Å². The van der Waals surface area contributed by atoms with Crippen LogP contribution in [0.1, 0.15) is 36.2 Å². The van der Waals surface area contributed by atoms with Crippen molar-refractivity contribution in [2.75, 3.05) is 13.1 Å². The second-order valence-electron chi connectivity index (χ2n) is 5.69. The van der Waals surface area contributed by atoms with E-state index in [1.54, 1.807) is 12.1 Å². The maximum Gasteiger partial charge on any atom is 0.251 e. The maximum absolute atomic E-state index is 12.0. The molecule has 0 bridgehead atoms. The van der Waals surface area contributed by atoms with Crippen molar-refractivity contribution in [3.8, 4) is 11.8 Å². The second-order valence-corrected chi connectivity index (χ2v) is 5.69. The monoisotopic (exact) mass is 256 g/mol. The molecule has 0 radical (unpaired) electrons. The minimum absolute atomic E-state index is 0.0286. The molecule has 1 fully saturated rings. The lowest BCUT2D eigenvalue weighted by molar-refractivity contribution is 0.0950. The van der Waals surface area contributed by atoms with Crippen LogP contribution in [0, 0.1) is 23.2 Å². The topological polar surface area (TPSA) is 55.1 Å². The molecule has 1 aliphatic rings. The van der Waals surface area contributed by atoms with Gasteiger partial charge in [0, 0.05) is 17.7 Å². The predicted octanol–water partition coefficient (Wildman–Crippen LogP) is 1.77. The second kappa shape index (κ2) is 5.46. The molecule has 0 heterocycles. The number of nitrogens with one attached hydrogen (secondary N) is 1. The Labute approximate surface area is 114 Å². The molecule has 0 aromatic heterocycles. The zero-order valence-electron chi connectivity index (χ0n) is 11.5. The van der Waals surface area contributed by atoms with Crippen LogP contribution in [0.25, 0.3) is 0 Å². The van der Waals surface area contributed by atoms with E-state index in [4.69, 9.17) is 5.73 Å². The summed E-state index contributed by atoms with van der Waals surface area (Å²) in [5, 5.41) is 2.99. The van der Waals surface area contributed by atoms with Crippen LogP contribution in [0.3, 0.4) is 0 Å². The number of rotatable bonds is 3. The van der Waals surface area contributed by atoms with Crippen molar-refractivity contribution in [1.82, 2.24) is 5.32 Å². The third-order valence-corrected chi connectivity index (χ3v) is 3.69. The van der Waals surface area contributed by atoms with Crippen LogP contribution in [0.15, 0.2) is 24.3 Å². The van der Waals surface area contributed by atoms with E-state index in [-0.39, 0.29) is 5.91 Å². The van der Waals surface area contributed by atoms with Gasteiger partial charge in [0.05, 0.1) is 6.54 Å². The average molecular weight is 256 g/mol. The Morgan fingerprint density at radius 3 is 2.89 bits per heavy atom. The lowest BCUT2D eigenvalue weighted by Gasteiger charge is -2.06. The molecule has 100 valence electrons. The van der Waals surface area contributed by atoms with Crippen LogP contribution >= 0.6 is 0 Å². The zero-order chi connectivity index (χ0) is 13.9. The van der Waals surface area contributed by atoms with Crippen molar-refractivity contribution in [3.63, 3.8) is 0 Å². The van der Waals surface area contributed by atoms with Gasteiger partial charge in [-0.3, -0.25) is 4.79 Å². The van der Waals surface area contributed by atoms with E-state index in [9.17, 15) is 4.79 Å². The summed E-state index contributed by atoms with van der Waals surface area (Å²) in [6.07, 6.45) is 1.19. The highest BCUT2D eigenvalue weighted by Gasteiger charge is 2.45. The van der Waals surface area contributed by atoms with Gasteiger partial charge in [0.25, 0.3) is 5.91 Å². The lowest BCUT2D eigenvalue weighted by Crippen LogP contribution is -2.26. The number of benzene rings is 1. The fourth-order valence-electron chi connectivity index (χ4n) is 2.13. The van der Waals surface area contributed by atoms with E-state index in [1.165, 1.54) is 6.42 Å². The summed E-state index contributed by atoms with van der Waals surface area (Å²) in [7, 11) is 0. The van der Waals surface area contributed by atoms with Crippen molar-refractivity contribution in [3.05, 3.63) is 35.4 Å². The first-order valence-electron chi connectivity index (χ1n) is 6.60. The predicted molar refractivity (Wildman–Crippen MR) is 76.6 cm³/mol. The molecule has 1 amide bonds. The minimum atomic E-state index is -0.0286. The summed E-state index contributed by atoms with van der Waals surface area (Å²) in [6, 6.07) is 7.33. The Hall–Kier alpha value is -1.79. The highest BCUT2D eigenvalue weighted by Crippen LogP contribution is 2.50. The molecule has 3 heteroatoms. The number of hydrogen-bond donors (Lipinski definition) is 2. The van der Waals surface area contributed by atoms with E-state index >= 15 is 0 Å². The van der Waals surface area contributed by atoms with E-state index in [1.807, 2.05) is 12.1 Å². The van der Waals surface area contributed by atoms with Crippen molar-refractivity contribution >= 4 is 5.91 Å². The highest BCUT2D eigenvalue weighted by molar-refractivity contribution is 5.94. The highest BCUT2D eigenvalue weighted by atomic mass is 16.1. The van der Waals surface area contributed by atoms with E-state index in [0.29, 0.717) is 23.4 Å². The van der Waals surface area contributed by atoms with Gasteiger partial charge >= 0.3 is 0 Å². The Bertz CT molecular complexity index is 537. The maximum atomic E-state index is 12.0. The first kappa shape index (κ1) is 13.6. The Balaban J connectivity index is 1.95. The summed E-state index contributed by atoms with van der Waals surface area (Å²) in [6.45, 7) is 5.54. The van der Waals surface area contributed by atoms with Crippen molar-refractivity contribution in [2.24, 2.45) is 17.1 Å². The van der Waals surface area contributed by atoms with Crippen LogP contribution in [0.4, 0.5) is 0 Å². The molecule has 3 nitrogen and oxygen atoms in total. The minimum Gasteiger partial charge on any atom is -0.352 e. The molecular weight excluding hydrogens is 236 g/mol. The zero-order valence-corrected chi connectivity index (χ0v) is 11.5. The molecule has 1 aromatic carbocycles. The van der Waals surface area contributed by atoms with Gasteiger partial charge in [-0.05, 0) is 36.0 Å². The fourth-order valence-corrected chi connectivity index (χ4v) is 2.13. The molecule has 1 atom stereocenters. The number of carbonyl (C=O) groups excluding carboxylic acids is 1. The van der Waals surface area contributed by atoms with Gasteiger partial charge in [-0.25, -0.2) is 0 Å². The average Bonchev–Trinajstić information content (AvgIpc) is 3.01. The Morgan fingerprint density at radius 2 is 2.26 bits per heavy atom. The van der Waals surface area contributed by atoms with Crippen molar-refractivity contribution < 1.29 is 4.79 Å². The quantitative estimate of drug-likeness (QED) is 0.810. The van der Waals surface area contributed by atoms with Crippen LogP contribution in [-0.4, -0.2) is 19.0 Å². The molecule has 1 unspecified atom stereocenters. The fraction of sp³-hybridized carbons (Fsp3) is 0.438. The molecule has 1 aliphatic carbocycles. The molecule has 2 rings (SSSR count). The third kappa shape index (κ3) is 3.59. The summed E-state index contributed by atoms with van der Waals surface area (Å²) >= 11 is 0. The standard InChI is InChI=1S/C16H20N2O/c1-16(2)10-14(16)11-18-15(19)13-7-3-5-12(9-13)6-4-8-17/h3,5,7,9,14H,8,10-11,17H2,1-2H3,(H,18,19). The molecule has 0 saturated heterocycles. The van der Waals surface area contributed by atoms with Gasteiger partial charge in [0.1, 0.15) is 0 Å². The van der Waals surface area contributed by atoms with Gasteiger partial charge in [-0.1, -0.05) is 31.8 Å². The SMILES string of the molecule is CC1(C)CC1CNC(=O)c1cccc(C#CCN)c1. The van der Waals surface area contributed by atoms with Gasteiger partial charge < -0.3 is 11.1 Å². The van der Waals surface area contributed by atoms with E-state index in [0.717, 1.165) is 12.1 Å². The Kier molecular flexibility index (Phi) is 3.92. The molecule has 1 aromatic rings. The summed E-state index contributed by atoms with van der Waals surface area (Å²) in [5.41, 5.74) is 7.20. The Morgan fingerprint density at radius 1 is 1.53 bits per heavy atom. The van der Waals surface area contributed by atoms with Crippen LogP contribution in [0.5, 0.6) is 0 Å². The first-order chi connectivity index (χ1) is 9.03. The smallest absolute Gasteiger partial charge is 0.251 e. The summed E-state index contributed by atoms with van der Waals surface area (Å²) in [5.74, 6) is 6.30. The first-order valence-corrected chi connectivity index (χ1v) is 6.60. The third-order valence-electron chi connectivity index (χ3n) is 3.69. The molecule has 0 aliphatic heterocycles. The number of amides is 1. The van der Waals surface area contributed by atoms with Crippen molar-refractivity contribution in [2.45, 2.75) is 20.3 Å². The number of carbonyl (C=O) groups is 1. The number of nitrogens with two attached hydrogens (primary N) is 1. The van der Waals surface area contributed by atoms with Gasteiger partial charge in [0.15, 0.2) is 0 Å². The largest absolute Gasteiger partial charge is 0.352 e. The number of hydrogen-bond acceptors (Lipinski definition) is 2.